The van der Waals surface area contributed by atoms with Crippen LogP contribution in [0.3, 0.4) is 0 Å². The van der Waals surface area contributed by atoms with Crippen molar-refractivity contribution in [2.75, 3.05) is 13.2 Å². The maximum absolute atomic E-state index is 13.3. The minimum Gasteiger partial charge on any atom is -0.482 e. The molecule has 1 amide bonds. The zero-order chi connectivity index (χ0) is 21.8. The standard InChI is InChI=1S/C19H16Cl2FN5O4/c20-15-4-1-10(6-23-15)18-26-27-19(31-18)14-3-2-11(8-30-14)25-16(28)9-29-12-5-13(22)17(21)24-7-12/h1,4-7,11,14H,2-3,8-9H2,(H,25,28)/t11-,14-/m0/s1. The zero-order valence-corrected chi connectivity index (χ0v) is 17.4. The fourth-order valence-corrected chi connectivity index (χ4v) is 3.16. The van der Waals surface area contributed by atoms with Crippen LogP contribution >= 0.6 is 23.2 Å². The van der Waals surface area contributed by atoms with E-state index in [4.69, 9.17) is 37.1 Å². The Kier molecular flexibility index (Phi) is 6.59. The van der Waals surface area contributed by atoms with E-state index in [1.807, 2.05) is 0 Å². The lowest BCUT2D eigenvalue weighted by Crippen LogP contribution is -2.43. The molecule has 0 aromatic carbocycles. The van der Waals surface area contributed by atoms with Gasteiger partial charge < -0.3 is 19.2 Å². The van der Waals surface area contributed by atoms with Crippen molar-refractivity contribution in [1.29, 1.82) is 0 Å². The van der Waals surface area contributed by atoms with Crippen molar-refractivity contribution in [3.8, 4) is 17.2 Å². The smallest absolute Gasteiger partial charge is 0.258 e. The van der Waals surface area contributed by atoms with Gasteiger partial charge in [-0.3, -0.25) is 4.79 Å². The number of amides is 1. The van der Waals surface area contributed by atoms with Gasteiger partial charge in [-0.05, 0) is 25.0 Å². The van der Waals surface area contributed by atoms with Crippen LogP contribution in [0, 0.1) is 5.82 Å². The second kappa shape index (κ2) is 9.54. The van der Waals surface area contributed by atoms with Crippen LogP contribution in [0.5, 0.6) is 5.75 Å². The van der Waals surface area contributed by atoms with Gasteiger partial charge in [0.1, 0.15) is 17.0 Å². The Labute approximate surface area is 185 Å². The van der Waals surface area contributed by atoms with E-state index in [0.717, 1.165) is 6.07 Å². The molecule has 9 nitrogen and oxygen atoms in total. The molecule has 1 aliphatic rings. The van der Waals surface area contributed by atoms with Gasteiger partial charge in [0.25, 0.3) is 5.91 Å². The van der Waals surface area contributed by atoms with Crippen LogP contribution in [0.25, 0.3) is 11.5 Å². The molecule has 0 saturated carbocycles. The highest BCUT2D eigenvalue weighted by atomic mass is 35.5. The third-order valence-electron chi connectivity index (χ3n) is 4.47. The number of hydrogen-bond acceptors (Lipinski definition) is 8. The molecule has 4 rings (SSSR count). The summed E-state index contributed by atoms with van der Waals surface area (Å²) in [5, 5.41) is 11.0. The summed E-state index contributed by atoms with van der Waals surface area (Å²) in [5.41, 5.74) is 0.653. The molecule has 0 radical (unpaired) electrons. The Balaban J connectivity index is 1.24. The topological polar surface area (TPSA) is 112 Å². The SMILES string of the molecule is O=C(COc1cnc(Cl)c(F)c1)N[C@H]1CC[C@@H](c2nnc(-c3ccc(Cl)nc3)o2)OC1. The zero-order valence-electron chi connectivity index (χ0n) is 15.9. The summed E-state index contributed by atoms with van der Waals surface area (Å²) < 4.78 is 30.0. The average Bonchev–Trinajstić information content (AvgIpc) is 3.26. The minimum atomic E-state index is -0.720. The molecule has 4 heterocycles. The van der Waals surface area contributed by atoms with Gasteiger partial charge in [0.2, 0.25) is 11.8 Å². The van der Waals surface area contributed by atoms with Crippen molar-refractivity contribution in [1.82, 2.24) is 25.5 Å². The van der Waals surface area contributed by atoms with E-state index in [1.165, 1.54) is 6.20 Å². The number of ether oxygens (including phenoxy) is 2. The van der Waals surface area contributed by atoms with Crippen molar-refractivity contribution >= 4 is 29.1 Å². The average molecular weight is 468 g/mol. The lowest BCUT2D eigenvalue weighted by molar-refractivity contribution is -0.125. The number of nitrogens with one attached hydrogen (secondary N) is 1. The predicted octanol–water partition coefficient (Wildman–Crippen LogP) is 3.39. The van der Waals surface area contributed by atoms with Gasteiger partial charge in [-0.1, -0.05) is 23.2 Å². The van der Waals surface area contributed by atoms with Crippen LogP contribution in [0.2, 0.25) is 10.3 Å². The van der Waals surface area contributed by atoms with E-state index in [1.54, 1.807) is 18.3 Å². The first-order valence-corrected chi connectivity index (χ1v) is 10.0. The van der Waals surface area contributed by atoms with E-state index in [9.17, 15) is 9.18 Å². The molecule has 0 unspecified atom stereocenters. The Bertz CT molecular complexity index is 1060. The number of pyridine rings is 2. The molecule has 2 atom stereocenters. The molecule has 1 aliphatic heterocycles. The quantitative estimate of drug-likeness (QED) is 0.548. The van der Waals surface area contributed by atoms with Crippen molar-refractivity contribution in [2.45, 2.75) is 25.0 Å². The molecule has 3 aromatic heterocycles. The Morgan fingerprint density at radius 3 is 2.81 bits per heavy atom. The summed E-state index contributed by atoms with van der Waals surface area (Å²) in [7, 11) is 0. The summed E-state index contributed by atoms with van der Waals surface area (Å²) in [4.78, 5) is 19.7. The lowest BCUT2D eigenvalue weighted by atomic mass is 10.0. The van der Waals surface area contributed by atoms with Crippen LogP contribution in [-0.2, 0) is 9.53 Å². The summed E-state index contributed by atoms with van der Waals surface area (Å²) in [6, 6.07) is 4.23. The number of halogens is 3. The number of aromatic nitrogens is 4. The molecule has 0 bridgehead atoms. The fourth-order valence-electron chi connectivity index (χ4n) is 2.94. The molecule has 1 saturated heterocycles. The number of nitrogens with zero attached hydrogens (tertiary/aromatic N) is 4. The second-order valence-electron chi connectivity index (χ2n) is 6.71. The molecule has 162 valence electrons. The molecule has 0 spiro atoms. The Hall–Kier alpha value is -2.82. The first-order chi connectivity index (χ1) is 15.0. The van der Waals surface area contributed by atoms with Crippen LogP contribution in [0.1, 0.15) is 24.8 Å². The maximum Gasteiger partial charge on any atom is 0.258 e. The highest BCUT2D eigenvalue weighted by Crippen LogP contribution is 2.29. The monoisotopic (exact) mass is 467 g/mol. The van der Waals surface area contributed by atoms with E-state index in [0.29, 0.717) is 35.3 Å². The normalized spacial score (nSPS) is 18.5. The summed E-state index contributed by atoms with van der Waals surface area (Å²) in [5.74, 6) is -0.292. The van der Waals surface area contributed by atoms with E-state index < -0.39 is 5.82 Å². The first-order valence-electron chi connectivity index (χ1n) is 9.28. The van der Waals surface area contributed by atoms with Crippen LogP contribution in [0.15, 0.2) is 35.0 Å². The Morgan fingerprint density at radius 1 is 1.23 bits per heavy atom. The highest BCUT2D eigenvalue weighted by Gasteiger charge is 2.28. The highest BCUT2D eigenvalue weighted by molar-refractivity contribution is 6.29. The summed E-state index contributed by atoms with van der Waals surface area (Å²) >= 11 is 11.3. The van der Waals surface area contributed by atoms with E-state index >= 15 is 0 Å². The molecule has 12 heteroatoms. The van der Waals surface area contributed by atoms with Crippen molar-refractivity contribution in [3.05, 3.63) is 52.6 Å². The van der Waals surface area contributed by atoms with Gasteiger partial charge in [-0.2, -0.15) is 0 Å². The third-order valence-corrected chi connectivity index (χ3v) is 4.97. The van der Waals surface area contributed by atoms with Gasteiger partial charge in [-0.15, -0.1) is 10.2 Å². The third kappa shape index (κ3) is 5.46. The van der Waals surface area contributed by atoms with E-state index in [-0.39, 0.29) is 42.2 Å². The van der Waals surface area contributed by atoms with Gasteiger partial charge in [0.15, 0.2) is 17.6 Å². The Morgan fingerprint density at radius 2 is 2.10 bits per heavy atom. The minimum absolute atomic E-state index is 0.111. The van der Waals surface area contributed by atoms with Crippen LogP contribution < -0.4 is 10.1 Å². The molecule has 0 aliphatic carbocycles. The molecule has 3 aromatic rings. The number of carbonyl (C=O) groups excluding carboxylic acids is 1. The molecule has 1 fully saturated rings. The fraction of sp³-hybridized carbons (Fsp3) is 0.316. The van der Waals surface area contributed by atoms with Crippen LogP contribution in [-0.4, -0.2) is 45.3 Å². The molecule has 31 heavy (non-hydrogen) atoms. The molecular weight excluding hydrogens is 452 g/mol. The van der Waals surface area contributed by atoms with Crippen molar-refractivity contribution in [2.24, 2.45) is 0 Å². The predicted molar refractivity (Wildman–Crippen MR) is 107 cm³/mol. The van der Waals surface area contributed by atoms with Crippen molar-refractivity contribution < 1.29 is 23.1 Å². The first kappa shape index (κ1) is 21.4. The summed E-state index contributed by atoms with van der Waals surface area (Å²) in [6.45, 7) is -0.0153. The van der Waals surface area contributed by atoms with Gasteiger partial charge in [-0.25, -0.2) is 14.4 Å². The van der Waals surface area contributed by atoms with Crippen molar-refractivity contribution in [3.63, 3.8) is 0 Å². The van der Waals surface area contributed by atoms with E-state index in [2.05, 4.69) is 25.5 Å². The molecular formula is C19H16Cl2FN5O4. The number of rotatable bonds is 6. The van der Waals surface area contributed by atoms with Gasteiger partial charge in [0, 0.05) is 12.3 Å². The second-order valence-corrected chi connectivity index (χ2v) is 7.46. The van der Waals surface area contributed by atoms with Crippen LogP contribution in [0.4, 0.5) is 4.39 Å². The van der Waals surface area contributed by atoms with Gasteiger partial charge >= 0.3 is 0 Å². The largest absolute Gasteiger partial charge is 0.482 e. The number of carbonyl (C=O) groups is 1. The molecule has 1 N–H and O–H groups in total. The number of hydrogen-bond donors (Lipinski definition) is 1. The lowest BCUT2D eigenvalue weighted by Gasteiger charge is -2.27. The van der Waals surface area contributed by atoms with Gasteiger partial charge in [0.05, 0.1) is 24.4 Å². The summed E-state index contributed by atoms with van der Waals surface area (Å²) in [6.07, 6.45) is 3.65. The maximum atomic E-state index is 13.3.